The van der Waals surface area contributed by atoms with Crippen molar-refractivity contribution in [1.82, 2.24) is 20.3 Å². The van der Waals surface area contributed by atoms with Gasteiger partial charge >= 0.3 is 0 Å². The molecule has 0 aliphatic carbocycles. The number of hydrogen-bond donors (Lipinski definition) is 3. The van der Waals surface area contributed by atoms with Crippen molar-refractivity contribution in [3.63, 3.8) is 0 Å². The van der Waals surface area contributed by atoms with Crippen LogP contribution in [0.3, 0.4) is 0 Å². The fourth-order valence-electron chi connectivity index (χ4n) is 3.36. The minimum atomic E-state index is -3.60. The van der Waals surface area contributed by atoms with E-state index in [2.05, 4.69) is 20.3 Å². The molecular weight excluding hydrogens is 387 g/mol. The molecule has 1 aromatic heterocycles. The number of piperidine rings is 1. The second-order valence-corrected chi connectivity index (χ2v) is 7.98. The molecule has 25 heavy (non-hydrogen) atoms. The largest absolute Gasteiger partial charge is 0.353 e. The van der Waals surface area contributed by atoms with Crippen LogP contribution in [0.2, 0.25) is 0 Å². The number of rotatable bonds is 6. The second kappa shape index (κ2) is 9.68. The predicted octanol–water partition coefficient (Wildman–Crippen LogP) is 0.993. The van der Waals surface area contributed by atoms with E-state index in [4.69, 9.17) is 0 Å². The molecule has 1 aromatic rings. The van der Waals surface area contributed by atoms with Crippen LogP contribution in [0.4, 0.5) is 0 Å². The van der Waals surface area contributed by atoms with Crippen LogP contribution in [0.25, 0.3) is 0 Å². The summed E-state index contributed by atoms with van der Waals surface area (Å²) in [5, 5.41) is 6.55. The molecule has 3 rings (SSSR count). The molecule has 0 saturated carbocycles. The number of carbonyl (C=O) groups excluding carboxylic acids is 1. The van der Waals surface area contributed by atoms with E-state index in [1.807, 2.05) is 0 Å². The fourth-order valence-corrected chi connectivity index (χ4v) is 4.36. The predicted molar refractivity (Wildman–Crippen MR) is 99.6 cm³/mol. The number of nitrogens with one attached hydrogen (secondary N) is 3. The Bertz CT molecular complexity index is 648. The maximum absolute atomic E-state index is 12.0. The molecule has 0 aromatic carbocycles. The molecule has 2 bridgehead atoms. The minimum absolute atomic E-state index is 0. The number of carbonyl (C=O) groups is 1. The van der Waals surface area contributed by atoms with Gasteiger partial charge in [-0.05, 0) is 37.8 Å². The number of sulfonamides is 1. The van der Waals surface area contributed by atoms with Gasteiger partial charge in [0.2, 0.25) is 15.9 Å². The number of halogens is 2. The molecule has 10 heteroatoms. The molecule has 2 atom stereocenters. The molecule has 3 N–H and O–H groups in total. The van der Waals surface area contributed by atoms with Crippen LogP contribution < -0.4 is 15.4 Å². The lowest BCUT2D eigenvalue weighted by Gasteiger charge is -2.29. The molecule has 2 fully saturated rings. The number of amides is 1. The molecule has 2 saturated heterocycles. The molecule has 2 unspecified atom stereocenters. The van der Waals surface area contributed by atoms with Gasteiger partial charge in [0.1, 0.15) is 4.90 Å². The van der Waals surface area contributed by atoms with Crippen molar-refractivity contribution in [3.05, 3.63) is 24.5 Å². The molecule has 3 heterocycles. The van der Waals surface area contributed by atoms with Gasteiger partial charge in [0.15, 0.2) is 0 Å². The maximum Gasteiger partial charge on any atom is 0.242 e. The topological polar surface area (TPSA) is 100 Å². The summed E-state index contributed by atoms with van der Waals surface area (Å²) < 4.78 is 26.4. The normalized spacial score (nSPS) is 24.7. The summed E-state index contributed by atoms with van der Waals surface area (Å²) >= 11 is 0. The Morgan fingerprint density at radius 1 is 1.24 bits per heavy atom. The summed E-state index contributed by atoms with van der Waals surface area (Å²) in [7, 11) is -3.60. The van der Waals surface area contributed by atoms with Crippen molar-refractivity contribution in [2.45, 2.75) is 55.1 Å². The van der Waals surface area contributed by atoms with E-state index in [1.165, 1.54) is 31.3 Å². The van der Waals surface area contributed by atoms with Crippen LogP contribution in [0, 0.1) is 0 Å². The maximum atomic E-state index is 12.0. The van der Waals surface area contributed by atoms with Crippen molar-refractivity contribution < 1.29 is 13.2 Å². The van der Waals surface area contributed by atoms with Crippen LogP contribution in [0.5, 0.6) is 0 Å². The third-order valence-electron chi connectivity index (χ3n) is 4.43. The number of fused-ring (bicyclic) bond motifs is 2. The quantitative estimate of drug-likeness (QED) is 0.649. The van der Waals surface area contributed by atoms with Gasteiger partial charge in [0.05, 0.1) is 0 Å². The highest BCUT2D eigenvalue weighted by molar-refractivity contribution is 7.89. The SMILES string of the molecule is Cl.Cl.O=C(CCNS(=O)(=O)c1cccnc1)NC1CC2CCC(C1)N2. The van der Waals surface area contributed by atoms with E-state index in [-0.39, 0.29) is 54.6 Å². The molecular formula is C15H24Cl2N4O3S. The highest BCUT2D eigenvalue weighted by Crippen LogP contribution is 2.26. The molecule has 142 valence electrons. The summed E-state index contributed by atoms with van der Waals surface area (Å²) in [6.07, 6.45) is 7.22. The first-order chi connectivity index (χ1) is 11.0. The summed E-state index contributed by atoms with van der Waals surface area (Å²) in [5.74, 6) is -0.106. The summed E-state index contributed by atoms with van der Waals surface area (Å²) in [5.41, 5.74) is 0. The Balaban J connectivity index is 0.00000156. The van der Waals surface area contributed by atoms with Gasteiger partial charge in [-0.2, -0.15) is 0 Å². The summed E-state index contributed by atoms with van der Waals surface area (Å²) in [6, 6.07) is 4.27. The number of hydrogen-bond acceptors (Lipinski definition) is 5. The van der Waals surface area contributed by atoms with Gasteiger partial charge in [-0.1, -0.05) is 0 Å². The van der Waals surface area contributed by atoms with E-state index in [1.54, 1.807) is 6.07 Å². The van der Waals surface area contributed by atoms with E-state index in [0.29, 0.717) is 12.1 Å². The van der Waals surface area contributed by atoms with Crippen molar-refractivity contribution >= 4 is 40.7 Å². The third kappa shape index (κ3) is 6.07. The van der Waals surface area contributed by atoms with E-state index < -0.39 is 10.0 Å². The van der Waals surface area contributed by atoms with E-state index in [0.717, 1.165) is 12.8 Å². The average molecular weight is 411 g/mol. The molecule has 1 amide bonds. The van der Waals surface area contributed by atoms with Crippen LogP contribution >= 0.6 is 24.8 Å². The Morgan fingerprint density at radius 2 is 1.92 bits per heavy atom. The smallest absolute Gasteiger partial charge is 0.242 e. The number of nitrogens with zero attached hydrogens (tertiary/aromatic N) is 1. The lowest BCUT2D eigenvalue weighted by molar-refractivity contribution is -0.121. The Kier molecular flexibility index (Phi) is 8.56. The van der Waals surface area contributed by atoms with Crippen LogP contribution in [0.15, 0.2) is 29.4 Å². The van der Waals surface area contributed by atoms with Crippen molar-refractivity contribution in [2.24, 2.45) is 0 Å². The lowest BCUT2D eigenvalue weighted by Crippen LogP contribution is -2.48. The fraction of sp³-hybridized carbons (Fsp3) is 0.600. The first kappa shape index (κ1) is 22.1. The van der Waals surface area contributed by atoms with Crippen LogP contribution in [0.1, 0.15) is 32.1 Å². The Morgan fingerprint density at radius 3 is 2.52 bits per heavy atom. The van der Waals surface area contributed by atoms with Gasteiger partial charge in [-0.15, -0.1) is 24.8 Å². The Hall–Kier alpha value is -0.930. The summed E-state index contributed by atoms with van der Waals surface area (Å²) in [4.78, 5) is 15.9. The van der Waals surface area contributed by atoms with Gasteiger partial charge in [0, 0.05) is 43.5 Å². The van der Waals surface area contributed by atoms with Gasteiger partial charge < -0.3 is 10.6 Å². The minimum Gasteiger partial charge on any atom is -0.353 e. The average Bonchev–Trinajstić information content (AvgIpc) is 2.87. The molecule has 7 nitrogen and oxygen atoms in total. The highest BCUT2D eigenvalue weighted by atomic mass is 35.5. The van der Waals surface area contributed by atoms with Crippen LogP contribution in [-0.4, -0.2) is 44.0 Å². The third-order valence-corrected chi connectivity index (χ3v) is 5.87. The molecule has 0 radical (unpaired) electrons. The van der Waals surface area contributed by atoms with Gasteiger partial charge in [-0.25, -0.2) is 13.1 Å². The van der Waals surface area contributed by atoms with Crippen molar-refractivity contribution in [3.8, 4) is 0 Å². The van der Waals surface area contributed by atoms with Crippen LogP contribution in [-0.2, 0) is 14.8 Å². The monoisotopic (exact) mass is 410 g/mol. The zero-order valence-corrected chi connectivity index (χ0v) is 16.1. The van der Waals surface area contributed by atoms with E-state index in [9.17, 15) is 13.2 Å². The number of pyridine rings is 1. The molecule has 2 aliphatic heterocycles. The first-order valence-corrected chi connectivity index (χ1v) is 9.46. The molecule has 0 spiro atoms. The van der Waals surface area contributed by atoms with Crippen molar-refractivity contribution in [2.75, 3.05) is 6.54 Å². The lowest BCUT2D eigenvalue weighted by atomic mass is 10.00. The highest BCUT2D eigenvalue weighted by Gasteiger charge is 2.33. The van der Waals surface area contributed by atoms with Gasteiger partial charge in [0.25, 0.3) is 0 Å². The second-order valence-electron chi connectivity index (χ2n) is 6.21. The molecule has 2 aliphatic rings. The number of aromatic nitrogens is 1. The van der Waals surface area contributed by atoms with E-state index >= 15 is 0 Å². The Labute approximate surface area is 160 Å². The zero-order chi connectivity index (χ0) is 16.3. The summed E-state index contributed by atoms with van der Waals surface area (Å²) in [6.45, 7) is 0.0842. The first-order valence-electron chi connectivity index (χ1n) is 7.98. The van der Waals surface area contributed by atoms with Gasteiger partial charge in [-0.3, -0.25) is 9.78 Å². The van der Waals surface area contributed by atoms with Crippen molar-refractivity contribution in [1.29, 1.82) is 0 Å². The standard InChI is InChI=1S/C15H22N4O3S.2ClH/c20-15(19-13-8-11-3-4-12(9-13)18-11)5-7-17-23(21,22)14-2-1-6-16-10-14;;/h1-2,6,10-13,17-18H,3-5,7-9H2,(H,19,20);2*1H. The zero-order valence-electron chi connectivity index (χ0n) is 13.7.